The Kier molecular flexibility index (Phi) is 4.35. The van der Waals surface area contributed by atoms with Gasteiger partial charge in [-0.2, -0.15) is 0 Å². The molecule has 1 fully saturated rings. The Morgan fingerprint density at radius 3 is 2.33 bits per heavy atom. The minimum atomic E-state index is -0.665. The third kappa shape index (κ3) is 4.63. The summed E-state index contributed by atoms with van der Waals surface area (Å²) in [5.74, 6) is -1.06. The number of hydrogen-bond acceptors (Lipinski definition) is 4. The predicted molar refractivity (Wildman–Crippen MR) is 69.0 cm³/mol. The fourth-order valence-electron chi connectivity index (χ4n) is 1.66. The zero-order chi connectivity index (χ0) is 14.0. The van der Waals surface area contributed by atoms with Crippen LogP contribution in [0.4, 0.5) is 0 Å². The van der Waals surface area contributed by atoms with E-state index in [0.717, 1.165) is 0 Å². The summed E-state index contributed by atoms with van der Waals surface area (Å²) in [6.07, 6.45) is 4.12. The summed E-state index contributed by atoms with van der Waals surface area (Å²) in [5, 5.41) is 0. The maximum Gasteiger partial charge on any atom is 0.331 e. The molecule has 2 atom stereocenters. The second-order valence-electron chi connectivity index (χ2n) is 5.69. The Morgan fingerprint density at radius 1 is 1.28 bits per heavy atom. The lowest BCUT2D eigenvalue weighted by Gasteiger charge is -2.18. The second kappa shape index (κ2) is 5.24. The van der Waals surface area contributed by atoms with Crippen molar-refractivity contribution in [2.45, 2.75) is 58.2 Å². The molecule has 4 heteroatoms. The molecule has 0 saturated carbocycles. The molecule has 1 aliphatic rings. The third-order valence-electron chi connectivity index (χ3n) is 2.22. The van der Waals surface area contributed by atoms with Gasteiger partial charge in [0.05, 0.1) is 0 Å². The summed E-state index contributed by atoms with van der Waals surface area (Å²) in [5.41, 5.74) is -0.494. The van der Waals surface area contributed by atoms with Gasteiger partial charge in [0.1, 0.15) is 17.8 Å². The molecule has 0 amide bonds. The van der Waals surface area contributed by atoms with Crippen LogP contribution in [0.15, 0.2) is 24.8 Å². The van der Waals surface area contributed by atoms with Crippen molar-refractivity contribution in [2.75, 3.05) is 0 Å². The molecule has 102 valence electrons. The standard InChI is InChI=1S/C14H22O4/c1-7-10-11(17-14(5,6)16-10)8-9-12(15)18-13(2,3)4/h7-11H,1H2,2-6H3/b9-8+/t10-,11-/m1/s1. The van der Waals surface area contributed by atoms with E-state index in [0.29, 0.717) is 0 Å². The van der Waals surface area contributed by atoms with E-state index in [9.17, 15) is 4.79 Å². The third-order valence-corrected chi connectivity index (χ3v) is 2.22. The SMILES string of the molecule is C=C[C@H]1OC(C)(C)O[C@@H]1/C=C/C(=O)OC(C)(C)C. The van der Waals surface area contributed by atoms with Crippen LogP contribution in [0, 0.1) is 0 Å². The Labute approximate surface area is 109 Å². The molecule has 0 N–H and O–H groups in total. The smallest absolute Gasteiger partial charge is 0.331 e. The van der Waals surface area contributed by atoms with Crippen molar-refractivity contribution < 1.29 is 19.0 Å². The fourth-order valence-corrected chi connectivity index (χ4v) is 1.66. The van der Waals surface area contributed by atoms with Gasteiger partial charge < -0.3 is 14.2 Å². The van der Waals surface area contributed by atoms with Gasteiger partial charge in [0, 0.05) is 6.08 Å². The topological polar surface area (TPSA) is 44.8 Å². The highest BCUT2D eigenvalue weighted by atomic mass is 16.7. The van der Waals surface area contributed by atoms with Gasteiger partial charge in [0.15, 0.2) is 5.79 Å². The quantitative estimate of drug-likeness (QED) is 0.441. The van der Waals surface area contributed by atoms with Gasteiger partial charge in [-0.1, -0.05) is 6.08 Å². The van der Waals surface area contributed by atoms with Crippen LogP contribution < -0.4 is 0 Å². The minimum absolute atomic E-state index is 0.251. The highest BCUT2D eigenvalue weighted by molar-refractivity contribution is 5.82. The number of esters is 1. The van der Waals surface area contributed by atoms with Gasteiger partial charge in [-0.25, -0.2) is 4.79 Å². The first-order chi connectivity index (χ1) is 8.13. The summed E-state index contributed by atoms with van der Waals surface area (Å²) < 4.78 is 16.4. The molecular weight excluding hydrogens is 232 g/mol. The van der Waals surface area contributed by atoms with Crippen LogP contribution in [0.5, 0.6) is 0 Å². The molecule has 0 bridgehead atoms. The van der Waals surface area contributed by atoms with Crippen LogP contribution >= 0.6 is 0 Å². The fraction of sp³-hybridized carbons (Fsp3) is 0.643. The normalized spacial score (nSPS) is 27.4. The first-order valence-electron chi connectivity index (χ1n) is 6.02. The molecule has 0 unspecified atom stereocenters. The van der Waals surface area contributed by atoms with E-state index >= 15 is 0 Å². The molecule has 4 nitrogen and oxygen atoms in total. The average Bonchev–Trinajstić information content (AvgIpc) is 2.47. The molecule has 1 saturated heterocycles. The first-order valence-corrected chi connectivity index (χ1v) is 6.02. The van der Waals surface area contributed by atoms with Crippen LogP contribution in [0.25, 0.3) is 0 Å². The lowest BCUT2D eigenvalue weighted by molar-refractivity contribution is -0.149. The highest BCUT2D eigenvalue weighted by Gasteiger charge is 2.38. The van der Waals surface area contributed by atoms with Gasteiger partial charge >= 0.3 is 5.97 Å². The zero-order valence-electron chi connectivity index (χ0n) is 11.7. The van der Waals surface area contributed by atoms with Crippen LogP contribution in [0.3, 0.4) is 0 Å². The minimum Gasteiger partial charge on any atom is -0.457 e. The largest absolute Gasteiger partial charge is 0.457 e. The molecule has 0 aliphatic carbocycles. The van der Waals surface area contributed by atoms with Crippen LogP contribution in [-0.4, -0.2) is 29.6 Å². The highest BCUT2D eigenvalue weighted by Crippen LogP contribution is 2.29. The summed E-state index contributed by atoms with van der Waals surface area (Å²) in [4.78, 5) is 11.5. The van der Waals surface area contributed by atoms with Gasteiger partial charge in [-0.15, -0.1) is 6.58 Å². The molecule has 1 rings (SSSR count). The lowest BCUT2D eigenvalue weighted by atomic mass is 10.2. The lowest BCUT2D eigenvalue weighted by Crippen LogP contribution is -2.23. The molecule has 0 spiro atoms. The van der Waals surface area contributed by atoms with Crippen molar-refractivity contribution in [1.82, 2.24) is 0 Å². The molecule has 0 aromatic heterocycles. The molecule has 0 aromatic carbocycles. The van der Waals surface area contributed by atoms with E-state index in [2.05, 4.69) is 6.58 Å². The number of ether oxygens (including phenoxy) is 3. The second-order valence-corrected chi connectivity index (χ2v) is 5.69. The molecule has 18 heavy (non-hydrogen) atoms. The molecular formula is C14H22O4. The zero-order valence-corrected chi connectivity index (χ0v) is 11.7. The van der Waals surface area contributed by atoms with Crippen LogP contribution in [-0.2, 0) is 19.0 Å². The van der Waals surface area contributed by atoms with Gasteiger partial charge in [0.2, 0.25) is 0 Å². The van der Waals surface area contributed by atoms with Crippen molar-refractivity contribution in [3.8, 4) is 0 Å². The van der Waals surface area contributed by atoms with Crippen molar-refractivity contribution in [1.29, 1.82) is 0 Å². The van der Waals surface area contributed by atoms with E-state index in [4.69, 9.17) is 14.2 Å². The summed E-state index contributed by atoms with van der Waals surface area (Å²) in [6.45, 7) is 12.8. The number of hydrogen-bond donors (Lipinski definition) is 0. The van der Waals surface area contributed by atoms with Crippen molar-refractivity contribution in [3.63, 3.8) is 0 Å². The van der Waals surface area contributed by atoms with Gasteiger partial charge in [0.25, 0.3) is 0 Å². The Bertz CT molecular complexity index is 349. The first kappa shape index (κ1) is 14.9. The van der Waals surface area contributed by atoms with E-state index in [1.54, 1.807) is 12.2 Å². The maximum atomic E-state index is 11.5. The summed E-state index contributed by atoms with van der Waals surface area (Å²) in [7, 11) is 0. The number of carbonyl (C=O) groups excluding carboxylic acids is 1. The van der Waals surface area contributed by atoms with E-state index < -0.39 is 17.4 Å². The van der Waals surface area contributed by atoms with Crippen LogP contribution in [0.1, 0.15) is 34.6 Å². The van der Waals surface area contributed by atoms with E-state index in [1.807, 2.05) is 34.6 Å². The average molecular weight is 254 g/mol. The van der Waals surface area contributed by atoms with Gasteiger partial charge in [-0.3, -0.25) is 0 Å². The number of carbonyl (C=O) groups is 1. The van der Waals surface area contributed by atoms with Crippen LogP contribution in [0.2, 0.25) is 0 Å². The van der Waals surface area contributed by atoms with Crippen molar-refractivity contribution in [3.05, 3.63) is 24.8 Å². The van der Waals surface area contributed by atoms with Gasteiger partial charge in [-0.05, 0) is 40.7 Å². The predicted octanol–water partition coefficient (Wildman–Crippen LogP) is 2.59. The Morgan fingerprint density at radius 2 is 1.83 bits per heavy atom. The Hall–Kier alpha value is -1.13. The molecule has 0 radical (unpaired) electrons. The monoisotopic (exact) mass is 254 g/mol. The summed E-state index contributed by atoms with van der Waals surface area (Å²) in [6, 6.07) is 0. The Balaban J connectivity index is 2.61. The van der Waals surface area contributed by atoms with Crippen molar-refractivity contribution in [2.24, 2.45) is 0 Å². The van der Waals surface area contributed by atoms with Crippen molar-refractivity contribution >= 4 is 5.97 Å². The van der Waals surface area contributed by atoms with E-state index in [1.165, 1.54) is 6.08 Å². The molecule has 1 heterocycles. The molecule has 1 aliphatic heterocycles. The van der Waals surface area contributed by atoms with E-state index in [-0.39, 0.29) is 12.2 Å². The maximum absolute atomic E-state index is 11.5. The summed E-state index contributed by atoms with van der Waals surface area (Å²) >= 11 is 0. The number of rotatable bonds is 3. The molecule has 0 aromatic rings.